The highest BCUT2D eigenvalue weighted by atomic mass is 35.5. The molecule has 0 saturated carbocycles. The van der Waals surface area contributed by atoms with E-state index in [1.165, 1.54) is 12.1 Å². The number of nitro benzene ring substituents is 1. The van der Waals surface area contributed by atoms with Crippen molar-refractivity contribution in [3.8, 4) is 11.5 Å². The Kier molecular flexibility index (Phi) is 7.41. The Morgan fingerprint density at radius 3 is 2.30 bits per heavy atom. The van der Waals surface area contributed by atoms with E-state index in [1.807, 2.05) is 0 Å². The van der Waals surface area contributed by atoms with Crippen molar-refractivity contribution in [1.29, 1.82) is 0 Å². The van der Waals surface area contributed by atoms with Gasteiger partial charge in [-0.25, -0.2) is 0 Å². The fourth-order valence-corrected chi connectivity index (χ4v) is 1.87. The predicted octanol–water partition coefficient (Wildman–Crippen LogP) is 5.12. The Hall–Kier alpha value is -3.01. The first-order valence-corrected chi connectivity index (χ1v) is 7.63. The summed E-state index contributed by atoms with van der Waals surface area (Å²) in [5.74, 6) is -0.655. The van der Waals surface area contributed by atoms with Gasteiger partial charge < -0.3 is 15.6 Å². The summed E-state index contributed by atoms with van der Waals surface area (Å²) in [5.41, 5.74) is 4.15. The van der Waals surface area contributed by atoms with Gasteiger partial charge in [-0.2, -0.15) is 13.2 Å². The smallest absolute Gasteiger partial charge is 0.416 e. The molecule has 0 bridgehead atoms. The normalized spacial score (nSPS) is 10.6. The largest absolute Gasteiger partial charge is 0.481 e. The van der Waals surface area contributed by atoms with Gasteiger partial charge in [-0.05, 0) is 24.3 Å². The number of halogens is 4. The summed E-state index contributed by atoms with van der Waals surface area (Å²) < 4.78 is 42.8. The molecule has 0 aromatic heterocycles. The molecule has 0 aliphatic carbocycles. The standard InChI is InChI=1S/C13H8ClF3N2O3.C3H6O2/c14-9-5-7(13(15,16)17)1-4-12(9)22-8-2-3-11(19(20)21)10(18)6-8;1-2-3(4)5/h1-6H,18H2;2H2,1H3,(H,4,5). The van der Waals surface area contributed by atoms with Crippen molar-refractivity contribution in [2.45, 2.75) is 19.5 Å². The molecule has 2 aromatic carbocycles. The lowest BCUT2D eigenvalue weighted by Crippen LogP contribution is -2.04. The minimum absolute atomic E-state index is 0.0251. The molecule has 0 radical (unpaired) electrons. The van der Waals surface area contributed by atoms with E-state index in [9.17, 15) is 28.1 Å². The number of nitro groups is 1. The molecule has 3 N–H and O–H groups in total. The maximum atomic E-state index is 12.5. The number of hydrogen-bond acceptors (Lipinski definition) is 5. The van der Waals surface area contributed by atoms with Crippen molar-refractivity contribution in [2.24, 2.45) is 0 Å². The van der Waals surface area contributed by atoms with E-state index < -0.39 is 22.6 Å². The molecule has 0 atom stereocenters. The number of rotatable bonds is 4. The lowest BCUT2D eigenvalue weighted by Gasteiger charge is -2.11. The van der Waals surface area contributed by atoms with E-state index in [4.69, 9.17) is 27.2 Å². The molecule has 0 saturated heterocycles. The summed E-state index contributed by atoms with van der Waals surface area (Å²) in [6.07, 6.45) is -4.29. The number of hydrogen-bond donors (Lipinski definition) is 2. The number of carboxylic acid groups (broad SMARTS) is 1. The fourth-order valence-electron chi connectivity index (χ4n) is 1.65. The first-order valence-electron chi connectivity index (χ1n) is 7.26. The summed E-state index contributed by atoms with van der Waals surface area (Å²) in [5, 5.41) is 18.1. The lowest BCUT2D eigenvalue weighted by molar-refractivity contribution is -0.383. The van der Waals surface area contributed by atoms with Crippen molar-refractivity contribution < 1.29 is 32.7 Å². The van der Waals surface area contributed by atoms with E-state index in [0.717, 1.165) is 24.3 Å². The molecule has 2 aromatic rings. The summed E-state index contributed by atoms with van der Waals surface area (Å²) in [7, 11) is 0. The van der Waals surface area contributed by atoms with E-state index in [2.05, 4.69) is 0 Å². The quantitative estimate of drug-likeness (QED) is 0.413. The van der Waals surface area contributed by atoms with Gasteiger partial charge >= 0.3 is 12.1 Å². The number of carboxylic acids is 1. The third-order valence-corrected chi connectivity index (χ3v) is 3.28. The van der Waals surface area contributed by atoms with Crippen molar-refractivity contribution in [3.05, 3.63) is 57.1 Å². The molecule has 0 spiro atoms. The summed E-state index contributed by atoms with van der Waals surface area (Å²) in [4.78, 5) is 19.3. The molecule has 0 unspecified atom stereocenters. The number of nitrogens with two attached hydrogens (primary N) is 1. The van der Waals surface area contributed by atoms with Gasteiger partial charge in [-0.3, -0.25) is 14.9 Å². The molecule has 146 valence electrons. The fraction of sp³-hybridized carbons (Fsp3) is 0.188. The van der Waals surface area contributed by atoms with Gasteiger partial charge in [0.2, 0.25) is 0 Å². The average molecular weight is 407 g/mol. The van der Waals surface area contributed by atoms with Gasteiger partial charge in [-0.1, -0.05) is 18.5 Å². The Morgan fingerprint density at radius 1 is 1.30 bits per heavy atom. The molecule has 0 amide bonds. The van der Waals surface area contributed by atoms with Crippen LogP contribution in [0.5, 0.6) is 11.5 Å². The van der Waals surface area contributed by atoms with E-state index in [0.29, 0.717) is 0 Å². The lowest BCUT2D eigenvalue weighted by atomic mass is 10.2. The van der Waals surface area contributed by atoms with E-state index in [-0.39, 0.29) is 34.3 Å². The SMILES string of the molecule is CCC(=O)O.Nc1cc(Oc2ccc(C(F)(F)F)cc2Cl)ccc1[N+](=O)[O-]. The number of nitrogen functional groups attached to an aromatic ring is 1. The molecule has 27 heavy (non-hydrogen) atoms. The van der Waals surface area contributed by atoms with E-state index >= 15 is 0 Å². The summed E-state index contributed by atoms with van der Waals surface area (Å²) in [6.45, 7) is 1.60. The highest BCUT2D eigenvalue weighted by Crippen LogP contribution is 2.37. The molecule has 2 rings (SSSR count). The average Bonchev–Trinajstić information content (AvgIpc) is 2.56. The van der Waals surface area contributed by atoms with Crippen LogP contribution in [-0.2, 0) is 11.0 Å². The van der Waals surface area contributed by atoms with Crippen LogP contribution >= 0.6 is 11.6 Å². The number of benzene rings is 2. The highest BCUT2D eigenvalue weighted by molar-refractivity contribution is 6.32. The van der Waals surface area contributed by atoms with Crippen molar-refractivity contribution in [2.75, 3.05) is 5.73 Å². The Labute approximate surface area is 156 Å². The molecule has 0 fully saturated rings. The number of aliphatic carboxylic acids is 1. The van der Waals surface area contributed by atoms with E-state index in [1.54, 1.807) is 6.92 Å². The number of carbonyl (C=O) groups is 1. The van der Waals surface area contributed by atoms with Gasteiger partial charge in [0.05, 0.1) is 15.5 Å². The Balaban J connectivity index is 0.000000646. The Morgan fingerprint density at radius 2 is 1.89 bits per heavy atom. The molecule has 0 aliphatic heterocycles. The number of ether oxygens (including phenoxy) is 1. The zero-order valence-corrected chi connectivity index (χ0v) is 14.5. The van der Waals surface area contributed by atoms with Crippen molar-refractivity contribution in [1.82, 2.24) is 0 Å². The van der Waals surface area contributed by atoms with Crippen LogP contribution in [0.2, 0.25) is 5.02 Å². The summed E-state index contributed by atoms with van der Waals surface area (Å²) >= 11 is 5.74. The molecular weight excluding hydrogens is 393 g/mol. The molecular formula is C16H14ClF3N2O5. The highest BCUT2D eigenvalue weighted by Gasteiger charge is 2.31. The monoisotopic (exact) mass is 406 g/mol. The van der Waals surface area contributed by atoms with Crippen LogP contribution < -0.4 is 10.5 Å². The number of anilines is 1. The molecule has 11 heteroatoms. The Bertz CT molecular complexity index is 843. The van der Waals surface area contributed by atoms with Crippen molar-refractivity contribution in [3.63, 3.8) is 0 Å². The maximum Gasteiger partial charge on any atom is 0.416 e. The molecule has 0 heterocycles. The zero-order chi connectivity index (χ0) is 20.8. The second-order valence-corrected chi connectivity index (χ2v) is 5.38. The third-order valence-electron chi connectivity index (χ3n) is 2.99. The van der Waals surface area contributed by atoms with Gasteiger partial charge in [0.1, 0.15) is 17.2 Å². The number of nitrogens with zero attached hydrogens (tertiary/aromatic N) is 1. The second kappa shape index (κ2) is 9.08. The minimum atomic E-state index is -4.51. The van der Waals surface area contributed by atoms with Gasteiger partial charge in [0.25, 0.3) is 5.69 Å². The van der Waals surface area contributed by atoms with Crippen molar-refractivity contribution >= 4 is 28.9 Å². The van der Waals surface area contributed by atoms with Crippen LogP contribution in [0.4, 0.5) is 24.5 Å². The molecule has 7 nitrogen and oxygen atoms in total. The second-order valence-electron chi connectivity index (χ2n) is 4.97. The number of alkyl halides is 3. The summed E-state index contributed by atoms with van der Waals surface area (Å²) in [6, 6.07) is 6.18. The van der Waals surface area contributed by atoms with Gasteiger partial charge in [-0.15, -0.1) is 0 Å². The first-order chi connectivity index (χ1) is 12.5. The maximum absolute atomic E-state index is 12.5. The predicted molar refractivity (Wildman–Crippen MR) is 92.0 cm³/mol. The van der Waals surface area contributed by atoms with Gasteiger partial charge in [0, 0.05) is 18.6 Å². The topological polar surface area (TPSA) is 116 Å². The third kappa shape index (κ3) is 6.66. The van der Waals surface area contributed by atoms with Crippen LogP contribution in [0.3, 0.4) is 0 Å². The van der Waals surface area contributed by atoms with Gasteiger partial charge in [0.15, 0.2) is 0 Å². The zero-order valence-electron chi connectivity index (χ0n) is 13.8. The van der Waals surface area contributed by atoms with Crippen LogP contribution in [-0.4, -0.2) is 16.0 Å². The van der Waals surface area contributed by atoms with Crippen LogP contribution in [0.1, 0.15) is 18.9 Å². The van der Waals surface area contributed by atoms with Crippen LogP contribution in [0.15, 0.2) is 36.4 Å². The molecule has 0 aliphatic rings. The van der Waals surface area contributed by atoms with Crippen LogP contribution in [0, 0.1) is 10.1 Å². The first kappa shape index (κ1) is 22.0. The minimum Gasteiger partial charge on any atom is -0.481 e. The van der Waals surface area contributed by atoms with Crippen LogP contribution in [0.25, 0.3) is 0 Å².